The Hall–Kier alpha value is -2.18. The minimum atomic E-state index is -0.428. The minimum absolute atomic E-state index is 0.0101. The van der Waals surface area contributed by atoms with E-state index in [4.69, 9.17) is 4.74 Å². The van der Waals surface area contributed by atoms with Crippen molar-refractivity contribution in [1.29, 1.82) is 0 Å². The first kappa shape index (κ1) is 20.1. The lowest BCUT2D eigenvalue weighted by Crippen LogP contribution is -2.49. The van der Waals surface area contributed by atoms with Crippen molar-refractivity contribution in [1.82, 2.24) is 10.2 Å². The zero-order chi connectivity index (χ0) is 20.4. The van der Waals surface area contributed by atoms with Crippen molar-refractivity contribution in [2.45, 2.75) is 44.8 Å². The molecule has 0 radical (unpaired) electrons. The van der Waals surface area contributed by atoms with Gasteiger partial charge in [-0.3, -0.25) is 9.59 Å². The number of hydrogen-bond acceptors (Lipinski definition) is 4. The largest absolute Gasteiger partial charge is 0.376 e. The maximum Gasteiger partial charge on any atom is 0.254 e. The van der Waals surface area contributed by atoms with Crippen LogP contribution in [-0.2, 0) is 9.53 Å². The average Bonchev–Trinajstić information content (AvgIpc) is 3.42. The number of ether oxygens (including phenoxy) is 1. The van der Waals surface area contributed by atoms with Crippen LogP contribution >= 0.6 is 11.3 Å². The van der Waals surface area contributed by atoms with Crippen molar-refractivity contribution >= 4 is 23.2 Å². The first-order chi connectivity index (χ1) is 14.1. The summed E-state index contributed by atoms with van der Waals surface area (Å²) in [6, 6.07) is 11.3. The molecule has 2 amide bonds. The van der Waals surface area contributed by atoms with E-state index in [1.807, 2.05) is 46.7 Å². The van der Waals surface area contributed by atoms with Gasteiger partial charge in [0.25, 0.3) is 5.91 Å². The fourth-order valence-electron chi connectivity index (χ4n) is 4.38. The molecule has 3 atom stereocenters. The van der Waals surface area contributed by atoms with E-state index in [9.17, 15) is 9.59 Å². The van der Waals surface area contributed by atoms with Gasteiger partial charge in [0, 0.05) is 30.1 Å². The molecule has 1 saturated heterocycles. The lowest BCUT2D eigenvalue weighted by molar-refractivity contribution is -0.124. The molecule has 29 heavy (non-hydrogen) atoms. The van der Waals surface area contributed by atoms with Gasteiger partial charge in [-0.25, -0.2) is 0 Å². The quantitative estimate of drug-likeness (QED) is 0.781. The molecule has 0 aliphatic carbocycles. The molecule has 2 aliphatic heterocycles. The fraction of sp³-hybridized carbons (Fsp3) is 0.478. The maximum atomic E-state index is 13.5. The Balaban J connectivity index is 1.72. The first-order valence-corrected chi connectivity index (χ1v) is 11.3. The van der Waals surface area contributed by atoms with Crippen LogP contribution in [0, 0.1) is 5.92 Å². The fourth-order valence-corrected chi connectivity index (χ4v) is 5.25. The number of carbonyl (C=O) groups is 2. The molecule has 0 spiro atoms. The molecule has 0 bridgehead atoms. The van der Waals surface area contributed by atoms with E-state index < -0.39 is 5.92 Å². The van der Waals surface area contributed by atoms with Crippen LogP contribution < -0.4 is 5.32 Å². The van der Waals surface area contributed by atoms with E-state index in [0.717, 1.165) is 29.9 Å². The second-order valence-electron chi connectivity index (χ2n) is 8.26. The number of fused-ring (bicyclic) bond motifs is 1. The Labute approximate surface area is 176 Å². The number of benzene rings is 1. The predicted octanol–water partition coefficient (Wildman–Crippen LogP) is 3.98. The summed E-state index contributed by atoms with van der Waals surface area (Å²) in [5.74, 6) is -0.145. The summed E-state index contributed by atoms with van der Waals surface area (Å²) < 4.78 is 5.67. The molecule has 0 unspecified atom stereocenters. The standard InChI is InChI=1S/C23H28N2O3S/c1-15(2)14-25-21(19-10-6-12-29-19)20(17-8-3-4-9-18(17)23(25)27)22(26)24-13-16-7-5-11-28-16/h3-4,6,8-10,12,15-16,20-21H,5,7,11,13-14H2,1-2H3,(H,24,26)/t16-,20+,21+/m1/s1. The molecule has 3 heterocycles. The number of rotatable bonds is 6. The molecule has 5 nitrogen and oxygen atoms in total. The van der Waals surface area contributed by atoms with Crippen LogP contribution in [0.2, 0.25) is 0 Å². The third kappa shape index (κ3) is 4.09. The van der Waals surface area contributed by atoms with Crippen LogP contribution in [0.5, 0.6) is 0 Å². The van der Waals surface area contributed by atoms with Gasteiger partial charge in [-0.1, -0.05) is 38.1 Å². The highest BCUT2D eigenvalue weighted by Crippen LogP contribution is 2.44. The van der Waals surface area contributed by atoms with Gasteiger partial charge in [0.15, 0.2) is 0 Å². The summed E-state index contributed by atoms with van der Waals surface area (Å²) >= 11 is 1.60. The average molecular weight is 413 g/mol. The maximum absolute atomic E-state index is 13.5. The SMILES string of the molecule is CC(C)CN1C(=O)c2ccccc2[C@H](C(=O)NC[C@H]2CCCO2)[C@@H]1c1cccs1. The Morgan fingerprint density at radius 1 is 1.28 bits per heavy atom. The smallest absolute Gasteiger partial charge is 0.254 e. The van der Waals surface area contributed by atoms with Gasteiger partial charge in [-0.2, -0.15) is 0 Å². The van der Waals surface area contributed by atoms with Crippen LogP contribution in [0.15, 0.2) is 41.8 Å². The lowest BCUT2D eigenvalue weighted by atomic mass is 9.81. The number of carbonyl (C=O) groups excluding carboxylic acids is 2. The van der Waals surface area contributed by atoms with Crippen LogP contribution in [-0.4, -0.2) is 42.5 Å². The highest BCUT2D eigenvalue weighted by atomic mass is 32.1. The Morgan fingerprint density at radius 2 is 2.10 bits per heavy atom. The first-order valence-electron chi connectivity index (χ1n) is 10.4. The third-order valence-electron chi connectivity index (χ3n) is 5.65. The Kier molecular flexibility index (Phi) is 6.01. The van der Waals surface area contributed by atoms with E-state index in [1.54, 1.807) is 11.3 Å². The van der Waals surface area contributed by atoms with E-state index in [2.05, 4.69) is 19.2 Å². The summed E-state index contributed by atoms with van der Waals surface area (Å²) in [7, 11) is 0. The molecule has 2 aromatic rings. The Bertz CT molecular complexity index is 859. The van der Waals surface area contributed by atoms with Crippen LogP contribution in [0.3, 0.4) is 0 Å². The summed E-state index contributed by atoms with van der Waals surface area (Å²) in [5, 5.41) is 5.13. The zero-order valence-electron chi connectivity index (χ0n) is 17.0. The monoisotopic (exact) mass is 412 g/mol. The molecule has 1 aromatic heterocycles. The Morgan fingerprint density at radius 3 is 2.79 bits per heavy atom. The molecular weight excluding hydrogens is 384 g/mol. The van der Waals surface area contributed by atoms with Gasteiger partial charge < -0.3 is 15.0 Å². The minimum Gasteiger partial charge on any atom is -0.376 e. The van der Waals surface area contributed by atoms with E-state index in [1.165, 1.54) is 0 Å². The van der Waals surface area contributed by atoms with Crippen LogP contribution in [0.4, 0.5) is 0 Å². The highest BCUT2D eigenvalue weighted by Gasteiger charge is 2.44. The zero-order valence-corrected chi connectivity index (χ0v) is 17.8. The second kappa shape index (κ2) is 8.67. The molecule has 1 fully saturated rings. The summed E-state index contributed by atoms with van der Waals surface area (Å²) in [4.78, 5) is 29.8. The molecule has 0 saturated carbocycles. The van der Waals surface area contributed by atoms with Crippen molar-refractivity contribution in [2.24, 2.45) is 5.92 Å². The number of nitrogens with zero attached hydrogens (tertiary/aromatic N) is 1. The second-order valence-corrected chi connectivity index (χ2v) is 9.24. The topological polar surface area (TPSA) is 58.6 Å². The van der Waals surface area contributed by atoms with Gasteiger partial charge in [-0.15, -0.1) is 11.3 Å². The number of amides is 2. The molecule has 154 valence electrons. The molecule has 4 rings (SSSR count). The molecule has 6 heteroatoms. The normalized spacial score (nSPS) is 24.0. The van der Waals surface area contributed by atoms with E-state index >= 15 is 0 Å². The summed E-state index contributed by atoms with van der Waals surface area (Å²) in [6.07, 6.45) is 2.11. The summed E-state index contributed by atoms with van der Waals surface area (Å²) in [6.45, 7) is 6.11. The van der Waals surface area contributed by atoms with Crippen LogP contribution in [0.25, 0.3) is 0 Å². The van der Waals surface area contributed by atoms with Gasteiger partial charge >= 0.3 is 0 Å². The van der Waals surface area contributed by atoms with Crippen molar-refractivity contribution in [3.8, 4) is 0 Å². The molecular formula is C23H28N2O3S. The van der Waals surface area contributed by atoms with Crippen molar-refractivity contribution in [3.05, 3.63) is 57.8 Å². The molecule has 2 aliphatic rings. The predicted molar refractivity (Wildman–Crippen MR) is 114 cm³/mol. The van der Waals surface area contributed by atoms with Crippen molar-refractivity contribution < 1.29 is 14.3 Å². The lowest BCUT2D eigenvalue weighted by Gasteiger charge is -2.42. The molecule has 1 N–H and O–H groups in total. The van der Waals surface area contributed by atoms with E-state index in [0.29, 0.717) is 24.6 Å². The van der Waals surface area contributed by atoms with E-state index in [-0.39, 0.29) is 24.0 Å². The number of nitrogens with one attached hydrogen (secondary N) is 1. The van der Waals surface area contributed by atoms with Gasteiger partial charge in [0.05, 0.1) is 18.1 Å². The van der Waals surface area contributed by atoms with Gasteiger partial charge in [-0.05, 0) is 41.8 Å². The van der Waals surface area contributed by atoms with Crippen molar-refractivity contribution in [2.75, 3.05) is 19.7 Å². The number of hydrogen-bond donors (Lipinski definition) is 1. The molecule has 1 aromatic carbocycles. The highest BCUT2D eigenvalue weighted by molar-refractivity contribution is 7.10. The summed E-state index contributed by atoms with van der Waals surface area (Å²) in [5.41, 5.74) is 1.46. The van der Waals surface area contributed by atoms with Gasteiger partial charge in [0.1, 0.15) is 0 Å². The van der Waals surface area contributed by atoms with Gasteiger partial charge in [0.2, 0.25) is 5.91 Å². The number of thiophene rings is 1. The third-order valence-corrected chi connectivity index (χ3v) is 6.59. The van der Waals surface area contributed by atoms with Crippen molar-refractivity contribution in [3.63, 3.8) is 0 Å². The van der Waals surface area contributed by atoms with Crippen LogP contribution in [0.1, 0.15) is 59.4 Å².